The highest BCUT2D eigenvalue weighted by Gasteiger charge is 2.17. The number of amides is 1. The van der Waals surface area contributed by atoms with Crippen LogP contribution in [0.4, 0.5) is 0 Å². The predicted octanol–water partition coefficient (Wildman–Crippen LogP) is 4.89. The van der Waals surface area contributed by atoms with Gasteiger partial charge in [-0.1, -0.05) is 53.2 Å². The molecule has 0 bridgehead atoms. The van der Waals surface area contributed by atoms with E-state index < -0.39 is 0 Å². The number of nitrogens with zero attached hydrogens (tertiary/aromatic N) is 2. The standard InChI is InChI=1S/C23H24ClN3O2S/c1-16-4-10-19(11-5-16)27-14-21(17-6-8-18(24)9-7-17)26-23(27)30-15-22(28)25-13-20-3-2-12-29-20/h4-11,14,20H,2-3,12-13,15H2,1H3,(H,25,28). The lowest BCUT2D eigenvalue weighted by atomic mass is 10.2. The molecule has 0 saturated carbocycles. The van der Waals surface area contributed by atoms with E-state index in [4.69, 9.17) is 21.3 Å². The van der Waals surface area contributed by atoms with Crippen molar-refractivity contribution in [2.45, 2.75) is 31.0 Å². The van der Waals surface area contributed by atoms with Crippen molar-refractivity contribution in [3.8, 4) is 16.9 Å². The van der Waals surface area contributed by atoms with E-state index in [-0.39, 0.29) is 12.0 Å². The van der Waals surface area contributed by atoms with Crippen molar-refractivity contribution >= 4 is 29.3 Å². The zero-order chi connectivity index (χ0) is 20.9. The normalized spacial score (nSPS) is 16.0. The molecule has 1 fully saturated rings. The van der Waals surface area contributed by atoms with E-state index in [0.29, 0.717) is 17.3 Å². The van der Waals surface area contributed by atoms with Gasteiger partial charge in [0.25, 0.3) is 0 Å². The van der Waals surface area contributed by atoms with E-state index >= 15 is 0 Å². The largest absolute Gasteiger partial charge is 0.376 e. The first-order valence-electron chi connectivity index (χ1n) is 10.0. The number of nitrogens with one attached hydrogen (secondary N) is 1. The van der Waals surface area contributed by atoms with Crippen LogP contribution < -0.4 is 5.32 Å². The van der Waals surface area contributed by atoms with E-state index in [1.165, 1.54) is 17.3 Å². The van der Waals surface area contributed by atoms with Crippen molar-refractivity contribution in [2.75, 3.05) is 18.9 Å². The molecule has 30 heavy (non-hydrogen) atoms. The van der Waals surface area contributed by atoms with Gasteiger partial charge in [-0.15, -0.1) is 0 Å². The summed E-state index contributed by atoms with van der Waals surface area (Å²) < 4.78 is 7.60. The number of benzene rings is 2. The smallest absolute Gasteiger partial charge is 0.230 e. The van der Waals surface area contributed by atoms with E-state index in [2.05, 4.69) is 36.5 Å². The SMILES string of the molecule is Cc1ccc(-n2cc(-c3ccc(Cl)cc3)nc2SCC(=O)NCC2CCCO2)cc1. The van der Waals surface area contributed by atoms with Crippen LogP contribution in [0.5, 0.6) is 0 Å². The summed E-state index contributed by atoms with van der Waals surface area (Å²) in [7, 11) is 0. The maximum absolute atomic E-state index is 12.3. The monoisotopic (exact) mass is 441 g/mol. The predicted molar refractivity (Wildman–Crippen MR) is 121 cm³/mol. The first-order chi connectivity index (χ1) is 14.6. The van der Waals surface area contributed by atoms with E-state index in [1.807, 2.05) is 35.0 Å². The van der Waals surface area contributed by atoms with E-state index in [9.17, 15) is 4.79 Å². The Balaban J connectivity index is 1.51. The van der Waals surface area contributed by atoms with Crippen LogP contribution in [-0.4, -0.2) is 40.5 Å². The Morgan fingerprint density at radius 1 is 1.23 bits per heavy atom. The molecule has 0 spiro atoms. The molecule has 4 rings (SSSR count). The molecule has 0 aliphatic carbocycles. The first-order valence-corrected chi connectivity index (χ1v) is 11.4. The fraction of sp³-hybridized carbons (Fsp3) is 0.304. The molecule has 1 amide bonds. The van der Waals surface area contributed by atoms with Crippen LogP contribution in [0.25, 0.3) is 16.9 Å². The van der Waals surface area contributed by atoms with Gasteiger partial charge < -0.3 is 10.1 Å². The van der Waals surface area contributed by atoms with Gasteiger partial charge in [-0.2, -0.15) is 0 Å². The molecule has 1 aliphatic heterocycles. The van der Waals surface area contributed by atoms with Crippen molar-refractivity contribution in [3.05, 3.63) is 65.3 Å². The average Bonchev–Trinajstić information content (AvgIpc) is 3.42. The lowest BCUT2D eigenvalue weighted by molar-refractivity contribution is -0.119. The van der Waals surface area contributed by atoms with Crippen molar-refractivity contribution in [2.24, 2.45) is 0 Å². The summed E-state index contributed by atoms with van der Waals surface area (Å²) in [5.74, 6) is 0.289. The first kappa shape index (κ1) is 21.0. The van der Waals surface area contributed by atoms with Gasteiger partial charge in [0.15, 0.2) is 5.16 Å². The molecule has 1 aromatic heterocycles. The number of hydrogen-bond donors (Lipinski definition) is 1. The lowest BCUT2D eigenvalue weighted by Crippen LogP contribution is -2.32. The number of halogens is 1. The highest BCUT2D eigenvalue weighted by atomic mass is 35.5. The number of carbonyl (C=O) groups excluding carboxylic acids is 1. The topological polar surface area (TPSA) is 56.2 Å². The van der Waals surface area contributed by atoms with Gasteiger partial charge in [0.1, 0.15) is 0 Å². The zero-order valence-corrected chi connectivity index (χ0v) is 18.4. The van der Waals surface area contributed by atoms with Gasteiger partial charge in [-0.25, -0.2) is 4.98 Å². The fourth-order valence-corrected chi connectivity index (χ4v) is 4.28. The van der Waals surface area contributed by atoms with Gasteiger partial charge >= 0.3 is 0 Å². The molecule has 156 valence electrons. The van der Waals surface area contributed by atoms with Crippen molar-refractivity contribution < 1.29 is 9.53 Å². The highest BCUT2D eigenvalue weighted by Crippen LogP contribution is 2.28. The number of thioether (sulfide) groups is 1. The fourth-order valence-electron chi connectivity index (χ4n) is 3.33. The molecule has 7 heteroatoms. The number of aryl methyl sites for hydroxylation is 1. The average molecular weight is 442 g/mol. The molecule has 3 aromatic rings. The molecule has 2 aromatic carbocycles. The van der Waals surface area contributed by atoms with E-state index in [0.717, 1.165) is 41.5 Å². The highest BCUT2D eigenvalue weighted by molar-refractivity contribution is 7.99. The van der Waals surface area contributed by atoms with Crippen LogP contribution in [-0.2, 0) is 9.53 Å². The Morgan fingerprint density at radius 2 is 2.00 bits per heavy atom. The van der Waals surface area contributed by atoms with Crippen LogP contribution in [0.2, 0.25) is 5.02 Å². The summed E-state index contributed by atoms with van der Waals surface area (Å²) in [5, 5.41) is 4.43. The molecule has 1 unspecified atom stereocenters. The Labute approximate surface area is 185 Å². The van der Waals surface area contributed by atoms with Gasteiger partial charge in [-0.3, -0.25) is 9.36 Å². The van der Waals surface area contributed by atoms with Crippen molar-refractivity contribution in [3.63, 3.8) is 0 Å². The lowest BCUT2D eigenvalue weighted by Gasteiger charge is -2.11. The third-order valence-electron chi connectivity index (χ3n) is 5.01. The van der Waals surface area contributed by atoms with Crippen LogP contribution in [0.1, 0.15) is 18.4 Å². The number of aromatic nitrogens is 2. The second-order valence-corrected chi connectivity index (χ2v) is 8.73. The summed E-state index contributed by atoms with van der Waals surface area (Å²) >= 11 is 7.45. The molecule has 1 aliphatic rings. The number of carbonyl (C=O) groups is 1. The minimum atomic E-state index is -0.0120. The van der Waals surface area contributed by atoms with Gasteiger partial charge in [0.05, 0.1) is 17.6 Å². The molecule has 0 radical (unpaired) electrons. The molecule has 5 nitrogen and oxygen atoms in total. The Kier molecular flexibility index (Phi) is 6.77. The maximum atomic E-state index is 12.3. The summed E-state index contributed by atoms with van der Waals surface area (Å²) in [6.07, 6.45) is 4.22. The second kappa shape index (κ2) is 9.69. The van der Waals surface area contributed by atoms with Crippen LogP contribution in [0, 0.1) is 6.92 Å². The molecule has 2 heterocycles. The summed E-state index contributed by atoms with van der Waals surface area (Å²) in [6, 6.07) is 15.9. The Bertz CT molecular complexity index is 996. The van der Waals surface area contributed by atoms with E-state index in [1.54, 1.807) is 0 Å². The van der Waals surface area contributed by atoms with Crippen molar-refractivity contribution in [1.82, 2.24) is 14.9 Å². The Hall–Kier alpha value is -2.28. The molecule has 1 atom stereocenters. The van der Waals surface area contributed by atoms with Crippen LogP contribution in [0.3, 0.4) is 0 Å². The minimum absolute atomic E-state index is 0.0120. The van der Waals surface area contributed by atoms with Gasteiger partial charge in [0, 0.05) is 35.6 Å². The van der Waals surface area contributed by atoms with Crippen LogP contribution in [0.15, 0.2) is 59.9 Å². The third kappa shape index (κ3) is 5.25. The van der Waals surface area contributed by atoms with Gasteiger partial charge in [-0.05, 0) is 44.0 Å². The van der Waals surface area contributed by atoms with Crippen molar-refractivity contribution in [1.29, 1.82) is 0 Å². The third-order valence-corrected chi connectivity index (χ3v) is 6.21. The number of rotatable bonds is 7. The number of ether oxygens (including phenoxy) is 1. The van der Waals surface area contributed by atoms with Crippen LogP contribution >= 0.6 is 23.4 Å². The van der Waals surface area contributed by atoms with Gasteiger partial charge in [0.2, 0.25) is 5.91 Å². The molecule has 1 saturated heterocycles. The maximum Gasteiger partial charge on any atom is 0.230 e. The zero-order valence-electron chi connectivity index (χ0n) is 16.8. The number of imidazole rings is 1. The summed E-state index contributed by atoms with van der Waals surface area (Å²) in [5.41, 5.74) is 4.03. The summed E-state index contributed by atoms with van der Waals surface area (Å²) in [6.45, 7) is 3.42. The molecule has 1 N–H and O–H groups in total. The summed E-state index contributed by atoms with van der Waals surface area (Å²) in [4.78, 5) is 17.1. The second-order valence-electron chi connectivity index (χ2n) is 7.35. The molecular formula is C23H24ClN3O2S. The minimum Gasteiger partial charge on any atom is -0.376 e. The quantitative estimate of drug-likeness (QED) is 0.530. The number of hydrogen-bond acceptors (Lipinski definition) is 4. The molecular weight excluding hydrogens is 418 g/mol. The Morgan fingerprint density at radius 3 is 2.70 bits per heavy atom.